The predicted molar refractivity (Wildman–Crippen MR) is 291 cm³/mol. The number of hydrogen-bond acceptors (Lipinski definition) is 14. The van der Waals surface area contributed by atoms with E-state index in [2.05, 4.69) is 5.32 Å². The van der Waals surface area contributed by atoms with Crippen molar-refractivity contribution in [3.8, 4) is 28.7 Å². The normalized spacial score (nSPS) is 17.4. The molecule has 0 bridgehead atoms. The number of ketones is 1. The lowest BCUT2D eigenvalue weighted by Crippen LogP contribution is -2.38. The summed E-state index contributed by atoms with van der Waals surface area (Å²) in [7, 11) is 6.45. The molecular formula is C57H60N6O9S2. The number of Topliss-reactive ketones (excluding diaryl/α,β-unsaturated/α-hetero) is 1. The number of amides is 3. The molecule has 1 saturated carbocycles. The molecular weight excluding hydrogens is 977 g/mol. The fourth-order valence-corrected chi connectivity index (χ4v) is 12.0. The maximum atomic E-state index is 14.1. The quantitative estimate of drug-likeness (QED) is 0.0467. The molecule has 0 aromatic heterocycles. The molecule has 4 heterocycles. The highest BCUT2D eigenvalue weighted by atomic mass is 33.1. The van der Waals surface area contributed by atoms with Crippen LogP contribution in [0.3, 0.4) is 0 Å². The molecule has 3 N–H and O–H groups in total. The third-order valence-corrected chi connectivity index (χ3v) is 16.6. The highest BCUT2D eigenvalue weighted by Gasteiger charge is 2.38. The average molecular weight is 1040 g/mol. The third-order valence-electron chi connectivity index (χ3n) is 14.1. The summed E-state index contributed by atoms with van der Waals surface area (Å²) >= 11 is 0. The molecule has 5 aromatic rings. The number of methoxy groups -OCH3 is 2. The molecule has 74 heavy (non-hydrogen) atoms. The molecule has 5 aromatic carbocycles. The van der Waals surface area contributed by atoms with E-state index in [1.807, 2.05) is 79.2 Å². The second-order valence-corrected chi connectivity index (χ2v) is 21.7. The Morgan fingerprint density at radius 3 is 1.80 bits per heavy atom. The van der Waals surface area contributed by atoms with Crippen LogP contribution in [0.4, 0.5) is 22.7 Å². The van der Waals surface area contributed by atoms with Gasteiger partial charge in [0, 0.05) is 79.2 Å². The minimum absolute atomic E-state index is 0.00902. The van der Waals surface area contributed by atoms with Gasteiger partial charge in [-0.05, 0) is 96.8 Å². The fraction of sp³-hybridized carbons (Fsp3) is 0.368. The third kappa shape index (κ3) is 11.1. The maximum Gasteiger partial charge on any atom is 0.261 e. The van der Waals surface area contributed by atoms with Gasteiger partial charge in [0.25, 0.3) is 11.8 Å². The number of hydrogen-bond donors (Lipinski definition) is 2. The van der Waals surface area contributed by atoms with Crippen LogP contribution in [0, 0.1) is 5.92 Å². The van der Waals surface area contributed by atoms with E-state index in [9.17, 15) is 19.2 Å². The van der Waals surface area contributed by atoms with Crippen LogP contribution in [0.15, 0.2) is 101 Å². The number of unbranched alkanes of at least 4 members (excludes halogenated alkanes) is 1. The van der Waals surface area contributed by atoms with E-state index < -0.39 is 0 Å². The van der Waals surface area contributed by atoms with Crippen LogP contribution in [0.25, 0.3) is 0 Å². The zero-order valence-corrected chi connectivity index (χ0v) is 43.2. The number of nitrogens with one attached hydrogen (secondary N) is 1. The lowest BCUT2D eigenvalue weighted by Gasteiger charge is -2.26. The SMILES string of the molecule is COc1cc2c(cc1OCc1cc(COc3cc4c(cc3OC)C(=O)N3c5ccccc5CC3C=N4)cc(OCCCCC(=O)NCCSSCCC(N)C(=O)C3CCC3)c1)N=CC1Cc3ccccc3N1C2=O. The Balaban J connectivity index is 0.788. The predicted octanol–water partition coefficient (Wildman–Crippen LogP) is 9.57. The summed E-state index contributed by atoms with van der Waals surface area (Å²) in [5.41, 5.74) is 13.5. The first-order valence-electron chi connectivity index (χ1n) is 25.3. The second-order valence-electron chi connectivity index (χ2n) is 19.0. The first-order chi connectivity index (χ1) is 36.1. The molecule has 4 aliphatic heterocycles. The highest BCUT2D eigenvalue weighted by Crippen LogP contribution is 2.43. The smallest absolute Gasteiger partial charge is 0.261 e. The highest BCUT2D eigenvalue weighted by molar-refractivity contribution is 8.76. The molecule has 5 aliphatic rings. The number of benzene rings is 5. The molecule has 10 rings (SSSR count). The van der Waals surface area contributed by atoms with E-state index in [-0.39, 0.29) is 60.8 Å². The Hall–Kier alpha value is -6.82. The van der Waals surface area contributed by atoms with Gasteiger partial charge in [-0.15, -0.1) is 0 Å². The van der Waals surface area contributed by atoms with E-state index in [0.29, 0.717) is 103 Å². The van der Waals surface area contributed by atoms with Gasteiger partial charge in [0.1, 0.15) is 19.0 Å². The van der Waals surface area contributed by atoms with E-state index in [4.69, 9.17) is 39.4 Å². The van der Waals surface area contributed by atoms with Crippen LogP contribution in [-0.2, 0) is 35.6 Å². The molecule has 3 unspecified atom stereocenters. The van der Waals surface area contributed by atoms with Gasteiger partial charge in [0.2, 0.25) is 5.91 Å². The zero-order chi connectivity index (χ0) is 51.1. The summed E-state index contributed by atoms with van der Waals surface area (Å²) < 4.78 is 30.8. The molecule has 17 heteroatoms. The Kier molecular flexibility index (Phi) is 15.9. The first kappa shape index (κ1) is 50.7. The lowest BCUT2D eigenvalue weighted by atomic mass is 9.79. The lowest BCUT2D eigenvalue weighted by molar-refractivity contribution is -0.126. The number of carbonyl (C=O) groups excluding carboxylic acids is 4. The molecule has 1 fully saturated rings. The molecule has 0 spiro atoms. The van der Waals surface area contributed by atoms with Crippen LogP contribution in [0.5, 0.6) is 28.7 Å². The monoisotopic (exact) mass is 1040 g/mol. The minimum atomic E-state index is -0.375. The molecule has 3 amide bonds. The van der Waals surface area contributed by atoms with Crippen molar-refractivity contribution in [1.29, 1.82) is 0 Å². The molecule has 3 atom stereocenters. The summed E-state index contributed by atoms with van der Waals surface area (Å²) in [6.45, 7) is 1.16. The Morgan fingerprint density at radius 1 is 0.703 bits per heavy atom. The molecule has 0 radical (unpaired) electrons. The number of carbonyl (C=O) groups is 4. The molecule has 15 nitrogen and oxygen atoms in total. The van der Waals surface area contributed by atoms with E-state index in [0.717, 1.165) is 64.4 Å². The van der Waals surface area contributed by atoms with Crippen LogP contribution in [0.2, 0.25) is 0 Å². The van der Waals surface area contributed by atoms with Crippen molar-refractivity contribution in [2.24, 2.45) is 21.6 Å². The van der Waals surface area contributed by atoms with Crippen LogP contribution < -0.4 is 44.5 Å². The van der Waals surface area contributed by atoms with Gasteiger partial charge in [0.15, 0.2) is 28.8 Å². The summed E-state index contributed by atoms with van der Waals surface area (Å²) in [5.74, 6) is 3.85. The number of nitrogens with two attached hydrogens (primary N) is 1. The molecule has 384 valence electrons. The summed E-state index contributed by atoms with van der Waals surface area (Å²) in [5, 5.41) is 3.00. The number of para-hydroxylation sites is 2. The van der Waals surface area contributed by atoms with Crippen molar-refractivity contribution < 1.29 is 42.9 Å². The fourth-order valence-electron chi connectivity index (χ4n) is 10.0. The minimum Gasteiger partial charge on any atom is -0.494 e. The number of ether oxygens (including phenoxy) is 5. The summed E-state index contributed by atoms with van der Waals surface area (Å²) in [6, 6.07) is 27.7. The van der Waals surface area contributed by atoms with E-state index in [1.165, 1.54) is 0 Å². The van der Waals surface area contributed by atoms with Gasteiger partial charge in [-0.1, -0.05) is 64.4 Å². The number of nitrogens with zero attached hydrogens (tertiary/aromatic N) is 4. The van der Waals surface area contributed by atoms with Crippen molar-refractivity contribution in [1.82, 2.24) is 5.32 Å². The van der Waals surface area contributed by atoms with Gasteiger partial charge in [0.05, 0.1) is 61.5 Å². The standard InChI is InChI=1S/C57H60N6O9S2/c1-68-50-27-43-46(60-31-40-25-38-10-3-5-14-48(38)62(40)56(43)66)29-52(50)71-33-35-22-36(24-42(23-35)70-19-8-7-16-54(64)59-18-21-74-73-20-17-45(58)55(65)37-12-9-13-37)34-72-53-30-47-44(28-51(53)69-2)57(67)63-41(32-61-47)26-39-11-4-6-15-49(39)63/h3-6,10-11,14-15,22-24,27-32,37,40-41,45H,7-9,12-13,16-21,25-26,33-34,58H2,1-2H3,(H,59,64). The largest absolute Gasteiger partial charge is 0.494 e. The molecule has 0 saturated heterocycles. The van der Waals surface area contributed by atoms with Crippen LogP contribution >= 0.6 is 21.6 Å². The van der Waals surface area contributed by atoms with Crippen LogP contribution in [0.1, 0.15) is 87.9 Å². The van der Waals surface area contributed by atoms with Crippen molar-refractivity contribution in [3.05, 3.63) is 124 Å². The Bertz CT molecular complexity index is 2840. The number of fused-ring (bicyclic) bond motifs is 8. The summed E-state index contributed by atoms with van der Waals surface area (Å²) in [4.78, 5) is 66.2. The van der Waals surface area contributed by atoms with Crippen molar-refractivity contribution in [3.63, 3.8) is 0 Å². The van der Waals surface area contributed by atoms with Crippen molar-refractivity contribution in [2.45, 2.75) is 89.1 Å². The molecule has 1 aliphatic carbocycles. The van der Waals surface area contributed by atoms with Gasteiger partial charge >= 0.3 is 0 Å². The first-order valence-corrected chi connectivity index (χ1v) is 27.8. The summed E-state index contributed by atoms with van der Waals surface area (Å²) in [6.07, 6.45) is 10.4. The Labute approximate surface area is 439 Å². The maximum absolute atomic E-state index is 14.1. The topological polar surface area (TPSA) is 184 Å². The van der Waals surface area contributed by atoms with Crippen LogP contribution in [-0.4, -0.2) is 92.9 Å². The van der Waals surface area contributed by atoms with Crippen molar-refractivity contribution in [2.75, 3.05) is 48.7 Å². The van der Waals surface area contributed by atoms with E-state index >= 15 is 0 Å². The number of rotatable bonds is 23. The van der Waals surface area contributed by atoms with Gasteiger partial charge in [-0.2, -0.15) is 0 Å². The Morgan fingerprint density at radius 2 is 1.26 bits per heavy atom. The average Bonchev–Trinajstić information content (AvgIpc) is 3.89. The van der Waals surface area contributed by atoms with Crippen molar-refractivity contribution >= 4 is 80.3 Å². The van der Waals surface area contributed by atoms with Gasteiger partial charge in [-0.3, -0.25) is 39.0 Å². The number of anilines is 2. The van der Waals surface area contributed by atoms with E-state index in [1.54, 1.807) is 69.9 Å². The second kappa shape index (κ2) is 23.2. The van der Waals surface area contributed by atoms with Gasteiger partial charge in [-0.25, -0.2) is 0 Å². The zero-order valence-electron chi connectivity index (χ0n) is 41.6. The number of aliphatic imine (C=N–C) groups is 2. The van der Waals surface area contributed by atoms with Gasteiger partial charge < -0.3 is 34.7 Å².